The first kappa shape index (κ1) is 14.5. The molecule has 0 bridgehead atoms. The molecule has 106 valence electrons. The highest BCUT2D eigenvalue weighted by molar-refractivity contribution is 5.13. The summed E-state index contributed by atoms with van der Waals surface area (Å²) in [5.41, 5.74) is 2.75. The number of hydrogen-bond acceptors (Lipinski definition) is 3. The number of rotatable bonds is 5. The fraction of sp³-hybridized carbons (Fsp3) is 0.688. The topological polar surface area (TPSA) is 34.1 Å². The van der Waals surface area contributed by atoms with E-state index in [0.717, 1.165) is 12.2 Å². The van der Waals surface area contributed by atoms with Gasteiger partial charge >= 0.3 is 0 Å². The van der Waals surface area contributed by atoms with Gasteiger partial charge in [-0.15, -0.1) is 0 Å². The van der Waals surface area contributed by atoms with Crippen LogP contribution in [0.15, 0.2) is 18.3 Å². The van der Waals surface area contributed by atoms with Crippen LogP contribution in [-0.4, -0.2) is 18.1 Å². The zero-order valence-corrected chi connectivity index (χ0v) is 12.4. The number of nitrogens with zero attached hydrogens (tertiary/aromatic N) is 1. The van der Waals surface area contributed by atoms with Crippen LogP contribution in [0.3, 0.4) is 0 Å². The van der Waals surface area contributed by atoms with Gasteiger partial charge < -0.3 is 10.1 Å². The van der Waals surface area contributed by atoms with Crippen LogP contribution in [0.2, 0.25) is 0 Å². The summed E-state index contributed by atoms with van der Waals surface area (Å²) in [4.78, 5) is 4.45. The predicted molar refractivity (Wildman–Crippen MR) is 77.8 cm³/mol. The molecule has 0 atom stereocenters. The molecule has 1 aliphatic rings. The number of nitrogens with one attached hydrogen (secondary N) is 1. The third kappa shape index (κ3) is 4.59. The van der Waals surface area contributed by atoms with Crippen LogP contribution in [0, 0.1) is 5.41 Å². The molecule has 0 spiro atoms. The largest absolute Gasteiger partial charge is 0.372 e. The molecular weight excluding hydrogens is 236 g/mol. The molecule has 1 fully saturated rings. The second-order valence-electron chi connectivity index (χ2n) is 6.36. The van der Waals surface area contributed by atoms with Gasteiger partial charge in [0, 0.05) is 12.7 Å². The van der Waals surface area contributed by atoms with Crippen LogP contribution in [0.25, 0.3) is 0 Å². The van der Waals surface area contributed by atoms with Crippen molar-refractivity contribution in [2.45, 2.75) is 58.8 Å². The first-order valence-electron chi connectivity index (χ1n) is 7.29. The van der Waals surface area contributed by atoms with Crippen molar-refractivity contribution in [3.05, 3.63) is 29.6 Å². The Balaban J connectivity index is 1.76. The summed E-state index contributed by atoms with van der Waals surface area (Å²) in [6.07, 6.45) is 7.26. The maximum absolute atomic E-state index is 5.98. The van der Waals surface area contributed by atoms with Gasteiger partial charge in [-0.05, 0) is 49.8 Å². The SMILES string of the molecule is CNCc1ccc(COC2CCC(C)(C)CC2)nc1. The second-order valence-corrected chi connectivity index (χ2v) is 6.36. The summed E-state index contributed by atoms with van der Waals surface area (Å²) in [5.74, 6) is 0. The van der Waals surface area contributed by atoms with Crippen LogP contribution in [-0.2, 0) is 17.9 Å². The summed E-state index contributed by atoms with van der Waals surface area (Å²) in [6.45, 7) is 6.22. The molecule has 0 aliphatic heterocycles. The van der Waals surface area contributed by atoms with Crippen LogP contribution >= 0.6 is 0 Å². The molecule has 1 heterocycles. The van der Waals surface area contributed by atoms with Gasteiger partial charge in [-0.1, -0.05) is 19.9 Å². The van der Waals surface area contributed by atoms with Gasteiger partial charge in [0.2, 0.25) is 0 Å². The van der Waals surface area contributed by atoms with Gasteiger partial charge in [-0.25, -0.2) is 0 Å². The predicted octanol–water partition coefficient (Wildman–Crippen LogP) is 3.29. The summed E-state index contributed by atoms with van der Waals surface area (Å²) < 4.78 is 5.98. The summed E-state index contributed by atoms with van der Waals surface area (Å²) in [5, 5.41) is 3.12. The highest BCUT2D eigenvalue weighted by atomic mass is 16.5. The molecule has 19 heavy (non-hydrogen) atoms. The smallest absolute Gasteiger partial charge is 0.0891 e. The lowest BCUT2D eigenvalue weighted by Gasteiger charge is -2.34. The van der Waals surface area contributed by atoms with E-state index in [1.54, 1.807) is 0 Å². The molecule has 0 aromatic carbocycles. The highest BCUT2D eigenvalue weighted by Crippen LogP contribution is 2.36. The van der Waals surface area contributed by atoms with E-state index in [9.17, 15) is 0 Å². The van der Waals surface area contributed by atoms with Gasteiger partial charge in [-0.3, -0.25) is 4.98 Å². The van der Waals surface area contributed by atoms with E-state index in [2.05, 4.69) is 36.3 Å². The number of aromatic nitrogens is 1. The third-order valence-electron chi connectivity index (χ3n) is 4.02. The van der Waals surface area contributed by atoms with Gasteiger partial charge in [0.1, 0.15) is 0 Å². The first-order chi connectivity index (χ1) is 9.09. The van der Waals surface area contributed by atoms with Gasteiger partial charge in [0.25, 0.3) is 0 Å². The number of ether oxygens (including phenoxy) is 1. The molecule has 1 N–H and O–H groups in total. The fourth-order valence-electron chi connectivity index (χ4n) is 2.59. The van der Waals surface area contributed by atoms with Crippen molar-refractivity contribution in [1.29, 1.82) is 0 Å². The van der Waals surface area contributed by atoms with E-state index < -0.39 is 0 Å². The van der Waals surface area contributed by atoms with Crippen molar-refractivity contribution in [3.8, 4) is 0 Å². The average Bonchev–Trinajstić information content (AvgIpc) is 2.40. The number of hydrogen-bond donors (Lipinski definition) is 1. The minimum absolute atomic E-state index is 0.423. The van der Waals surface area contributed by atoms with Crippen LogP contribution in [0.5, 0.6) is 0 Å². The molecule has 0 saturated heterocycles. The van der Waals surface area contributed by atoms with E-state index in [1.165, 1.54) is 31.2 Å². The lowest BCUT2D eigenvalue weighted by Crippen LogP contribution is -2.26. The molecule has 3 nitrogen and oxygen atoms in total. The Morgan fingerprint density at radius 1 is 1.32 bits per heavy atom. The zero-order chi connectivity index (χ0) is 13.7. The third-order valence-corrected chi connectivity index (χ3v) is 4.02. The maximum Gasteiger partial charge on any atom is 0.0891 e. The molecular formula is C16H26N2O. The summed E-state index contributed by atoms with van der Waals surface area (Å²) in [6, 6.07) is 4.19. The first-order valence-corrected chi connectivity index (χ1v) is 7.29. The Morgan fingerprint density at radius 2 is 2.05 bits per heavy atom. The van der Waals surface area contributed by atoms with Crippen molar-refractivity contribution < 1.29 is 4.74 Å². The van der Waals surface area contributed by atoms with Crippen molar-refractivity contribution in [1.82, 2.24) is 10.3 Å². The normalized spacial score (nSPS) is 19.5. The van der Waals surface area contributed by atoms with Crippen molar-refractivity contribution in [3.63, 3.8) is 0 Å². The van der Waals surface area contributed by atoms with E-state index >= 15 is 0 Å². The van der Waals surface area contributed by atoms with Crippen molar-refractivity contribution in [2.24, 2.45) is 5.41 Å². The van der Waals surface area contributed by atoms with Crippen LogP contribution < -0.4 is 5.32 Å². The molecule has 0 unspecified atom stereocenters. The van der Waals surface area contributed by atoms with E-state index in [1.807, 2.05) is 13.2 Å². The van der Waals surface area contributed by atoms with Gasteiger partial charge in [-0.2, -0.15) is 0 Å². The molecule has 1 aromatic heterocycles. The van der Waals surface area contributed by atoms with E-state index in [-0.39, 0.29) is 0 Å². The summed E-state index contributed by atoms with van der Waals surface area (Å²) in [7, 11) is 1.95. The highest BCUT2D eigenvalue weighted by Gasteiger charge is 2.27. The van der Waals surface area contributed by atoms with Gasteiger partial charge in [0.05, 0.1) is 18.4 Å². The molecule has 1 saturated carbocycles. The van der Waals surface area contributed by atoms with E-state index in [0.29, 0.717) is 18.1 Å². The Kier molecular flexibility index (Phi) is 4.94. The fourth-order valence-corrected chi connectivity index (χ4v) is 2.59. The Bertz CT molecular complexity index is 376. The maximum atomic E-state index is 5.98. The lowest BCUT2D eigenvalue weighted by atomic mass is 9.76. The Hall–Kier alpha value is -0.930. The molecule has 1 aromatic rings. The Morgan fingerprint density at radius 3 is 2.63 bits per heavy atom. The molecule has 0 radical (unpaired) electrons. The molecule has 0 amide bonds. The summed E-state index contributed by atoms with van der Waals surface area (Å²) >= 11 is 0. The van der Waals surface area contributed by atoms with Gasteiger partial charge in [0.15, 0.2) is 0 Å². The molecule has 2 rings (SSSR count). The minimum Gasteiger partial charge on any atom is -0.372 e. The van der Waals surface area contributed by atoms with Crippen molar-refractivity contribution in [2.75, 3.05) is 7.05 Å². The van der Waals surface area contributed by atoms with E-state index in [4.69, 9.17) is 4.74 Å². The lowest BCUT2D eigenvalue weighted by molar-refractivity contribution is -0.00688. The quantitative estimate of drug-likeness (QED) is 0.884. The standard InChI is InChI=1S/C16H26N2O/c1-16(2)8-6-15(7-9-16)19-12-14-5-4-13(10-17-3)11-18-14/h4-5,11,15,17H,6-10,12H2,1-3H3. The Labute approximate surface area is 116 Å². The van der Waals surface area contributed by atoms with Crippen molar-refractivity contribution >= 4 is 0 Å². The molecule has 3 heteroatoms. The average molecular weight is 262 g/mol. The van der Waals surface area contributed by atoms with Crippen LogP contribution in [0.1, 0.15) is 50.8 Å². The molecule has 1 aliphatic carbocycles. The second kappa shape index (κ2) is 6.49. The monoisotopic (exact) mass is 262 g/mol. The number of pyridine rings is 1. The van der Waals surface area contributed by atoms with Crippen LogP contribution in [0.4, 0.5) is 0 Å². The minimum atomic E-state index is 0.423. The zero-order valence-electron chi connectivity index (χ0n) is 12.4.